The lowest BCUT2D eigenvalue weighted by molar-refractivity contribution is -0.188. The van der Waals surface area contributed by atoms with Crippen LogP contribution in [0.2, 0.25) is 0 Å². The van der Waals surface area contributed by atoms with Gasteiger partial charge in [-0.1, -0.05) is 6.07 Å². The fourth-order valence-corrected chi connectivity index (χ4v) is 2.74. The zero-order valence-electron chi connectivity index (χ0n) is 10.7. The number of hydrogen-bond acceptors (Lipinski definition) is 2. The van der Waals surface area contributed by atoms with Crippen LogP contribution in [0.25, 0.3) is 0 Å². The Kier molecular flexibility index (Phi) is 4.57. The second-order valence-electron chi connectivity index (χ2n) is 5.04. The van der Waals surface area contributed by atoms with Crippen molar-refractivity contribution in [2.24, 2.45) is 11.8 Å². The second kappa shape index (κ2) is 5.92. The molecule has 1 aromatic rings. The Labute approximate surface area is 126 Å². The predicted octanol–water partition coefficient (Wildman–Crippen LogP) is 3.28. The average Bonchev–Trinajstić information content (AvgIpc) is 2.78. The summed E-state index contributed by atoms with van der Waals surface area (Å²) in [6.45, 7) is -0.504. The number of benzene rings is 1. The van der Waals surface area contributed by atoms with Crippen molar-refractivity contribution >= 4 is 21.9 Å². The molecule has 116 valence electrons. The Morgan fingerprint density at radius 2 is 2.05 bits per heavy atom. The zero-order valence-corrected chi connectivity index (χ0v) is 12.3. The van der Waals surface area contributed by atoms with Crippen LogP contribution in [0.5, 0.6) is 0 Å². The van der Waals surface area contributed by atoms with Crippen LogP contribution < -0.4 is 0 Å². The van der Waals surface area contributed by atoms with Crippen molar-refractivity contribution in [2.45, 2.75) is 12.7 Å². The van der Waals surface area contributed by atoms with Crippen LogP contribution in [0, 0.1) is 17.7 Å². The number of aliphatic carboxylic acids is 1. The smallest absolute Gasteiger partial charge is 0.393 e. The molecular weight excluding hydrogens is 358 g/mol. The lowest BCUT2D eigenvalue weighted by atomic mass is 9.96. The minimum atomic E-state index is -4.55. The molecule has 0 spiro atoms. The summed E-state index contributed by atoms with van der Waals surface area (Å²) in [7, 11) is 0. The van der Waals surface area contributed by atoms with Crippen LogP contribution in [-0.4, -0.2) is 35.2 Å². The fraction of sp³-hybridized carbons (Fsp3) is 0.462. The molecule has 1 fully saturated rings. The van der Waals surface area contributed by atoms with E-state index in [9.17, 15) is 22.4 Å². The third kappa shape index (κ3) is 3.74. The molecule has 1 N–H and O–H groups in total. The summed E-state index contributed by atoms with van der Waals surface area (Å²) in [5.41, 5.74) is 0.502. The first-order valence-corrected chi connectivity index (χ1v) is 6.93. The minimum absolute atomic E-state index is 0.0839. The van der Waals surface area contributed by atoms with Crippen LogP contribution in [-0.2, 0) is 11.3 Å². The van der Waals surface area contributed by atoms with Gasteiger partial charge in [0.25, 0.3) is 0 Å². The Morgan fingerprint density at radius 3 is 2.52 bits per heavy atom. The number of carboxylic acids is 1. The van der Waals surface area contributed by atoms with Gasteiger partial charge in [-0.05, 0) is 33.6 Å². The predicted molar refractivity (Wildman–Crippen MR) is 70.0 cm³/mol. The van der Waals surface area contributed by atoms with Gasteiger partial charge >= 0.3 is 12.1 Å². The first-order valence-electron chi connectivity index (χ1n) is 6.14. The van der Waals surface area contributed by atoms with Crippen LogP contribution in [0.4, 0.5) is 17.6 Å². The summed E-state index contributed by atoms with van der Waals surface area (Å²) in [5, 5.41) is 8.92. The van der Waals surface area contributed by atoms with Crippen LogP contribution in [0.1, 0.15) is 5.56 Å². The SMILES string of the molecule is O=C(O)[C@@H]1CN(Cc2ccc(Br)c(F)c2)C[C@H]1C(F)(F)F. The second-order valence-corrected chi connectivity index (χ2v) is 5.89. The van der Waals surface area contributed by atoms with E-state index >= 15 is 0 Å². The number of carbonyl (C=O) groups is 1. The zero-order chi connectivity index (χ0) is 15.8. The number of carboxylic acid groups (broad SMARTS) is 1. The highest BCUT2D eigenvalue weighted by Crippen LogP contribution is 2.38. The van der Waals surface area contributed by atoms with Gasteiger partial charge in [-0.15, -0.1) is 0 Å². The lowest BCUT2D eigenvalue weighted by Gasteiger charge is -2.18. The van der Waals surface area contributed by atoms with Crippen molar-refractivity contribution in [1.29, 1.82) is 0 Å². The fourth-order valence-electron chi connectivity index (χ4n) is 2.49. The van der Waals surface area contributed by atoms with Gasteiger partial charge in [0.2, 0.25) is 0 Å². The highest BCUT2D eigenvalue weighted by molar-refractivity contribution is 9.10. The van der Waals surface area contributed by atoms with Crippen LogP contribution >= 0.6 is 15.9 Å². The summed E-state index contributed by atoms with van der Waals surface area (Å²) >= 11 is 2.99. The molecule has 8 heteroatoms. The Bertz CT molecular complexity index is 549. The van der Waals surface area contributed by atoms with Gasteiger partial charge < -0.3 is 5.11 Å². The van der Waals surface area contributed by atoms with E-state index in [1.807, 2.05) is 0 Å². The van der Waals surface area contributed by atoms with E-state index in [0.29, 0.717) is 5.56 Å². The van der Waals surface area contributed by atoms with E-state index < -0.39 is 36.3 Å². The molecule has 0 aromatic heterocycles. The first kappa shape index (κ1) is 16.2. The van der Waals surface area contributed by atoms with Crippen molar-refractivity contribution < 1.29 is 27.5 Å². The van der Waals surface area contributed by atoms with Gasteiger partial charge in [0.1, 0.15) is 5.82 Å². The maximum absolute atomic E-state index is 13.4. The maximum atomic E-state index is 13.4. The van der Waals surface area contributed by atoms with Crippen molar-refractivity contribution in [3.63, 3.8) is 0 Å². The average molecular weight is 370 g/mol. The number of rotatable bonds is 3. The van der Waals surface area contributed by atoms with E-state index in [0.717, 1.165) is 0 Å². The summed E-state index contributed by atoms with van der Waals surface area (Å²) in [4.78, 5) is 12.4. The number of alkyl halides is 3. The maximum Gasteiger partial charge on any atom is 0.393 e. The van der Waals surface area contributed by atoms with Crippen LogP contribution in [0.3, 0.4) is 0 Å². The number of likely N-dealkylation sites (tertiary alicyclic amines) is 1. The van der Waals surface area contributed by atoms with Gasteiger partial charge in [-0.2, -0.15) is 13.2 Å². The normalized spacial score (nSPS) is 23.5. The molecule has 2 atom stereocenters. The van der Waals surface area contributed by atoms with Crippen molar-refractivity contribution in [3.05, 3.63) is 34.1 Å². The molecule has 2 rings (SSSR count). The molecule has 0 amide bonds. The molecule has 0 unspecified atom stereocenters. The molecule has 1 saturated heterocycles. The van der Waals surface area contributed by atoms with Gasteiger partial charge in [-0.3, -0.25) is 9.69 Å². The largest absolute Gasteiger partial charge is 0.481 e. The van der Waals surface area contributed by atoms with Gasteiger partial charge in [0.05, 0.1) is 16.3 Å². The Hall–Kier alpha value is -1.15. The highest BCUT2D eigenvalue weighted by Gasteiger charge is 2.52. The first-order chi connectivity index (χ1) is 9.68. The van der Waals surface area contributed by atoms with Gasteiger partial charge in [-0.25, -0.2) is 4.39 Å². The summed E-state index contributed by atoms with van der Waals surface area (Å²) < 4.78 is 52.2. The molecular formula is C13H12BrF4NO2. The third-order valence-corrected chi connectivity index (χ3v) is 4.17. The molecule has 0 saturated carbocycles. The molecule has 21 heavy (non-hydrogen) atoms. The van der Waals surface area contributed by atoms with E-state index in [1.54, 1.807) is 6.07 Å². The van der Waals surface area contributed by atoms with Gasteiger partial charge in [0, 0.05) is 19.6 Å². The Morgan fingerprint density at radius 1 is 1.38 bits per heavy atom. The van der Waals surface area contributed by atoms with Crippen LogP contribution in [0.15, 0.2) is 22.7 Å². The Balaban J connectivity index is 2.12. The highest BCUT2D eigenvalue weighted by atomic mass is 79.9. The van der Waals surface area contributed by atoms with Gasteiger partial charge in [0.15, 0.2) is 0 Å². The number of hydrogen-bond donors (Lipinski definition) is 1. The molecule has 0 aliphatic carbocycles. The van der Waals surface area contributed by atoms with E-state index in [2.05, 4.69) is 15.9 Å². The molecule has 0 radical (unpaired) electrons. The number of halogens is 5. The summed E-state index contributed by atoms with van der Waals surface area (Å²) in [6.07, 6.45) is -4.55. The van der Waals surface area contributed by atoms with E-state index in [-0.39, 0.29) is 17.6 Å². The quantitative estimate of drug-likeness (QED) is 0.831. The van der Waals surface area contributed by atoms with Crippen molar-refractivity contribution in [3.8, 4) is 0 Å². The minimum Gasteiger partial charge on any atom is -0.481 e. The third-order valence-electron chi connectivity index (χ3n) is 3.52. The lowest BCUT2D eigenvalue weighted by Crippen LogP contribution is -2.33. The molecule has 1 heterocycles. The summed E-state index contributed by atoms with van der Waals surface area (Å²) in [6, 6.07) is 4.28. The van der Waals surface area contributed by atoms with E-state index in [1.165, 1.54) is 17.0 Å². The molecule has 1 aliphatic rings. The summed E-state index contributed by atoms with van der Waals surface area (Å²) in [5.74, 6) is -5.34. The number of nitrogens with zero attached hydrogens (tertiary/aromatic N) is 1. The standard InChI is InChI=1S/C13H12BrF4NO2/c14-10-2-1-7(3-11(10)15)4-19-5-8(12(20)21)9(6-19)13(16,17)18/h1-3,8-9H,4-6H2,(H,20,21)/t8-,9-/m1/s1. The molecule has 1 aliphatic heterocycles. The monoisotopic (exact) mass is 369 g/mol. The molecule has 0 bridgehead atoms. The topological polar surface area (TPSA) is 40.5 Å². The van der Waals surface area contributed by atoms with Crippen molar-refractivity contribution in [1.82, 2.24) is 4.90 Å². The van der Waals surface area contributed by atoms with Crippen molar-refractivity contribution in [2.75, 3.05) is 13.1 Å². The van der Waals surface area contributed by atoms with E-state index in [4.69, 9.17) is 5.11 Å². The molecule has 1 aromatic carbocycles. The molecule has 3 nitrogen and oxygen atoms in total.